The molecule has 7 heteroatoms. The van der Waals surface area contributed by atoms with Crippen molar-refractivity contribution >= 4 is 17.8 Å². The van der Waals surface area contributed by atoms with Gasteiger partial charge in [-0.05, 0) is 32.9 Å². The summed E-state index contributed by atoms with van der Waals surface area (Å²) in [5.74, 6) is -1.37. The smallest absolute Gasteiger partial charge is 0.342 e. The fraction of sp³-hybridized carbons (Fsp3) is 0.267. The minimum absolute atomic E-state index is 0.00941. The van der Waals surface area contributed by atoms with Crippen LogP contribution in [0.2, 0.25) is 0 Å². The summed E-state index contributed by atoms with van der Waals surface area (Å²) in [4.78, 5) is 23.9. The normalized spacial score (nSPS) is 11.8. The van der Waals surface area contributed by atoms with Crippen molar-refractivity contribution in [3.63, 3.8) is 0 Å². The lowest BCUT2D eigenvalue weighted by molar-refractivity contribution is -0.123. The standard InChI is InChI=1S/C15H16N2O5/c1-8-4-5-12(18)11(6-8)15(20)21-10(3)14(19)16-13-7-9(2)17-22-13/h4-7,10,18H,1-3H3,(H,16,19)/t10-/m1/s1. The highest BCUT2D eigenvalue weighted by Gasteiger charge is 2.22. The van der Waals surface area contributed by atoms with Crippen molar-refractivity contribution < 1.29 is 24.0 Å². The molecule has 0 radical (unpaired) electrons. The van der Waals surface area contributed by atoms with Crippen molar-refractivity contribution in [1.82, 2.24) is 5.16 Å². The number of phenolic OH excluding ortho intramolecular Hbond substituents is 1. The Balaban J connectivity index is 2.01. The minimum Gasteiger partial charge on any atom is -0.507 e. The van der Waals surface area contributed by atoms with Crippen molar-refractivity contribution in [3.8, 4) is 5.75 Å². The lowest BCUT2D eigenvalue weighted by Crippen LogP contribution is -2.29. The number of nitrogens with one attached hydrogen (secondary N) is 1. The molecule has 0 unspecified atom stereocenters. The van der Waals surface area contributed by atoms with E-state index in [0.29, 0.717) is 5.69 Å². The molecule has 1 aromatic carbocycles. The van der Waals surface area contributed by atoms with Gasteiger partial charge in [0.2, 0.25) is 5.88 Å². The topological polar surface area (TPSA) is 102 Å². The van der Waals surface area contributed by atoms with E-state index in [2.05, 4.69) is 10.5 Å². The molecule has 0 bridgehead atoms. The van der Waals surface area contributed by atoms with E-state index < -0.39 is 18.0 Å². The molecular weight excluding hydrogens is 288 g/mol. The summed E-state index contributed by atoms with van der Waals surface area (Å²) in [5, 5.41) is 15.7. The molecule has 7 nitrogen and oxygen atoms in total. The van der Waals surface area contributed by atoms with Gasteiger partial charge in [-0.1, -0.05) is 16.8 Å². The second-order valence-electron chi connectivity index (χ2n) is 4.89. The van der Waals surface area contributed by atoms with Crippen LogP contribution in [-0.4, -0.2) is 28.2 Å². The van der Waals surface area contributed by atoms with Crippen LogP contribution in [0.3, 0.4) is 0 Å². The first-order chi connectivity index (χ1) is 10.4. The minimum atomic E-state index is -1.06. The zero-order valence-electron chi connectivity index (χ0n) is 12.4. The Morgan fingerprint density at radius 1 is 1.32 bits per heavy atom. The van der Waals surface area contributed by atoms with Gasteiger partial charge in [0.25, 0.3) is 5.91 Å². The van der Waals surface area contributed by atoms with Gasteiger partial charge in [0.15, 0.2) is 6.10 Å². The number of hydrogen-bond acceptors (Lipinski definition) is 6. The molecule has 1 atom stereocenters. The third kappa shape index (κ3) is 3.63. The molecule has 0 saturated carbocycles. The van der Waals surface area contributed by atoms with Gasteiger partial charge in [-0.2, -0.15) is 0 Å². The number of aryl methyl sites for hydroxylation is 2. The van der Waals surface area contributed by atoms with E-state index in [1.54, 1.807) is 26.0 Å². The summed E-state index contributed by atoms with van der Waals surface area (Å²) in [6.45, 7) is 4.91. The van der Waals surface area contributed by atoms with E-state index in [1.165, 1.54) is 19.1 Å². The first kappa shape index (κ1) is 15.6. The monoisotopic (exact) mass is 304 g/mol. The summed E-state index contributed by atoms with van der Waals surface area (Å²) in [6.07, 6.45) is -1.06. The zero-order valence-corrected chi connectivity index (χ0v) is 12.4. The number of esters is 1. The molecule has 0 aliphatic rings. The summed E-state index contributed by atoms with van der Waals surface area (Å²) in [6, 6.07) is 6.09. The van der Waals surface area contributed by atoms with E-state index in [-0.39, 0.29) is 17.2 Å². The Morgan fingerprint density at radius 2 is 2.05 bits per heavy atom. The summed E-state index contributed by atoms with van der Waals surface area (Å²) >= 11 is 0. The Bertz CT molecular complexity index is 708. The summed E-state index contributed by atoms with van der Waals surface area (Å²) in [5.41, 5.74) is 1.42. The molecule has 0 saturated heterocycles. The number of rotatable bonds is 4. The van der Waals surface area contributed by atoms with Crippen molar-refractivity contribution in [2.75, 3.05) is 5.32 Å². The van der Waals surface area contributed by atoms with Gasteiger partial charge in [-0.15, -0.1) is 0 Å². The molecule has 0 fully saturated rings. The zero-order chi connectivity index (χ0) is 16.3. The maximum atomic E-state index is 12.0. The number of nitrogens with zero attached hydrogens (tertiary/aromatic N) is 1. The maximum absolute atomic E-state index is 12.0. The Hall–Kier alpha value is -2.83. The van der Waals surface area contributed by atoms with Gasteiger partial charge in [0, 0.05) is 6.07 Å². The predicted octanol–water partition coefficient (Wildman–Crippen LogP) is 2.18. The SMILES string of the molecule is Cc1ccc(O)c(C(=O)O[C@H](C)C(=O)Nc2cc(C)no2)c1. The van der Waals surface area contributed by atoms with Gasteiger partial charge >= 0.3 is 5.97 Å². The molecule has 1 aromatic heterocycles. The number of carbonyl (C=O) groups is 2. The average molecular weight is 304 g/mol. The number of aromatic nitrogens is 1. The second-order valence-corrected chi connectivity index (χ2v) is 4.89. The molecule has 22 heavy (non-hydrogen) atoms. The fourth-order valence-electron chi connectivity index (χ4n) is 1.74. The molecular formula is C15H16N2O5. The summed E-state index contributed by atoms with van der Waals surface area (Å²) in [7, 11) is 0. The summed E-state index contributed by atoms with van der Waals surface area (Å²) < 4.78 is 9.89. The van der Waals surface area contributed by atoms with Crippen LogP contribution in [0.15, 0.2) is 28.8 Å². The number of carbonyl (C=O) groups excluding carboxylic acids is 2. The van der Waals surface area contributed by atoms with E-state index in [1.807, 2.05) is 0 Å². The van der Waals surface area contributed by atoms with Crippen LogP contribution in [-0.2, 0) is 9.53 Å². The van der Waals surface area contributed by atoms with E-state index in [4.69, 9.17) is 9.26 Å². The van der Waals surface area contributed by atoms with Gasteiger partial charge in [-0.25, -0.2) is 4.79 Å². The molecule has 1 amide bonds. The predicted molar refractivity (Wildman–Crippen MR) is 77.6 cm³/mol. The van der Waals surface area contributed by atoms with Gasteiger partial charge in [-0.3, -0.25) is 10.1 Å². The van der Waals surface area contributed by atoms with Crippen molar-refractivity contribution in [3.05, 3.63) is 41.1 Å². The lowest BCUT2D eigenvalue weighted by Gasteiger charge is -2.13. The first-order valence-electron chi connectivity index (χ1n) is 6.61. The Labute approximate surface area is 126 Å². The van der Waals surface area contributed by atoms with E-state index in [0.717, 1.165) is 5.56 Å². The number of benzene rings is 1. The molecule has 2 rings (SSSR count). The molecule has 0 spiro atoms. The van der Waals surface area contributed by atoms with Crippen LogP contribution >= 0.6 is 0 Å². The molecule has 1 heterocycles. The number of phenols is 1. The van der Waals surface area contributed by atoms with Crippen LogP contribution < -0.4 is 5.32 Å². The highest BCUT2D eigenvalue weighted by molar-refractivity contribution is 5.97. The first-order valence-corrected chi connectivity index (χ1v) is 6.61. The molecule has 0 aliphatic carbocycles. The van der Waals surface area contributed by atoms with Crippen molar-refractivity contribution in [2.24, 2.45) is 0 Å². The Morgan fingerprint density at radius 3 is 2.68 bits per heavy atom. The highest BCUT2D eigenvalue weighted by Crippen LogP contribution is 2.20. The van der Waals surface area contributed by atoms with Crippen molar-refractivity contribution in [2.45, 2.75) is 26.9 Å². The highest BCUT2D eigenvalue weighted by atomic mass is 16.5. The van der Waals surface area contributed by atoms with Crippen LogP contribution in [0.1, 0.15) is 28.5 Å². The number of aromatic hydroxyl groups is 1. The fourth-order valence-corrected chi connectivity index (χ4v) is 1.74. The van der Waals surface area contributed by atoms with Crippen molar-refractivity contribution in [1.29, 1.82) is 0 Å². The number of anilines is 1. The van der Waals surface area contributed by atoms with Crippen LogP contribution in [0.5, 0.6) is 5.75 Å². The quantitative estimate of drug-likeness (QED) is 0.839. The van der Waals surface area contributed by atoms with E-state index in [9.17, 15) is 14.7 Å². The third-order valence-electron chi connectivity index (χ3n) is 2.90. The lowest BCUT2D eigenvalue weighted by atomic mass is 10.1. The molecule has 2 aromatic rings. The van der Waals surface area contributed by atoms with Gasteiger partial charge in [0.1, 0.15) is 11.3 Å². The van der Waals surface area contributed by atoms with Crippen LogP contribution in [0.4, 0.5) is 5.88 Å². The van der Waals surface area contributed by atoms with E-state index >= 15 is 0 Å². The van der Waals surface area contributed by atoms with Gasteiger partial charge in [0.05, 0.1) is 5.69 Å². The van der Waals surface area contributed by atoms with Crippen LogP contribution in [0.25, 0.3) is 0 Å². The average Bonchev–Trinajstić information content (AvgIpc) is 2.86. The number of amides is 1. The molecule has 2 N–H and O–H groups in total. The second kappa shape index (κ2) is 6.30. The number of ether oxygens (including phenoxy) is 1. The largest absolute Gasteiger partial charge is 0.507 e. The Kier molecular flexibility index (Phi) is 4.45. The maximum Gasteiger partial charge on any atom is 0.342 e. The third-order valence-corrected chi connectivity index (χ3v) is 2.90. The number of hydrogen-bond donors (Lipinski definition) is 2. The molecule has 116 valence electrons. The van der Waals surface area contributed by atoms with Crippen LogP contribution in [0, 0.1) is 13.8 Å². The molecule has 0 aliphatic heterocycles. The van der Waals surface area contributed by atoms with Gasteiger partial charge < -0.3 is 14.4 Å².